The second kappa shape index (κ2) is 9.31. The lowest BCUT2D eigenvalue weighted by Crippen LogP contribution is -2.45. The molecule has 26 heavy (non-hydrogen) atoms. The van der Waals surface area contributed by atoms with Gasteiger partial charge in [-0.1, -0.05) is 43.3 Å². The SMILES string of the molecule is CCN1CCN(Cc2ccccc2CNC(=O)c2ccccc2Br)CC1. The Labute approximate surface area is 164 Å². The van der Waals surface area contributed by atoms with Crippen LogP contribution in [0.1, 0.15) is 28.4 Å². The zero-order valence-electron chi connectivity index (χ0n) is 15.2. The topological polar surface area (TPSA) is 35.6 Å². The Morgan fingerprint density at radius 3 is 2.27 bits per heavy atom. The van der Waals surface area contributed by atoms with E-state index in [0.717, 1.165) is 43.7 Å². The van der Waals surface area contributed by atoms with Crippen molar-refractivity contribution >= 4 is 21.8 Å². The van der Waals surface area contributed by atoms with Gasteiger partial charge in [-0.15, -0.1) is 0 Å². The normalized spacial score (nSPS) is 15.8. The number of nitrogens with zero attached hydrogens (tertiary/aromatic N) is 2. The zero-order chi connectivity index (χ0) is 18.4. The lowest BCUT2D eigenvalue weighted by molar-refractivity contribution is 0.0949. The molecule has 1 aliphatic rings. The van der Waals surface area contributed by atoms with Gasteiger partial charge < -0.3 is 10.2 Å². The van der Waals surface area contributed by atoms with Gasteiger partial charge in [-0.2, -0.15) is 0 Å². The number of hydrogen-bond acceptors (Lipinski definition) is 3. The van der Waals surface area contributed by atoms with Crippen molar-refractivity contribution in [1.82, 2.24) is 15.1 Å². The fourth-order valence-electron chi connectivity index (χ4n) is 3.30. The predicted molar refractivity (Wildman–Crippen MR) is 109 cm³/mol. The van der Waals surface area contributed by atoms with Crippen molar-refractivity contribution in [3.63, 3.8) is 0 Å². The van der Waals surface area contributed by atoms with E-state index >= 15 is 0 Å². The first-order chi connectivity index (χ1) is 12.7. The van der Waals surface area contributed by atoms with Crippen LogP contribution in [0.3, 0.4) is 0 Å². The maximum absolute atomic E-state index is 12.5. The summed E-state index contributed by atoms with van der Waals surface area (Å²) in [7, 11) is 0. The standard InChI is InChI=1S/C21H26BrN3O/c1-2-24-11-13-25(14-12-24)16-18-8-4-3-7-17(18)15-23-21(26)19-9-5-6-10-20(19)22/h3-10H,2,11-16H2,1H3,(H,23,26). The third-order valence-electron chi connectivity index (χ3n) is 4.98. The molecule has 0 aliphatic carbocycles. The fourth-order valence-corrected chi connectivity index (χ4v) is 3.77. The Kier molecular flexibility index (Phi) is 6.83. The molecule has 1 aliphatic heterocycles. The Balaban J connectivity index is 1.61. The molecule has 1 heterocycles. The van der Waals surface area contributed by atoms with E-state index in [4.69, 9.17) is 0 Å². The number of hydrogen-bond donors (Lipinski definition) is 1. The monoisotopic (exact) mass is 415 g/mol. The van der Waals surface area contributed by atoms with Crippen LogP contribution < -0.4 is 5.32 Å². The van der Waals surface area contributed by atoms with Gasteiger partial charge in [-0.25, -0.2) is 0 Å². The lowest BCUT2D eigenvalue weighted by atomic mass is 10.1. The molecule has 0 atom stereocenters. The van der Waals surface area contributed by atoms with Gasteiger partial charge >= 0.3 is 0 Å². The molecule has 1 saturated heterocycles. The zero-order valence-corrected chi connectivity index (χ0v) is 16.8. The van der Waals surface area contributed by atoms with E-state index in [2.05, 4.69) is 56.2 Å². The van der Waals surface area contributed by atoms with E-state index in [1.54, 1.807) is 0 Å². The van der Waals surface area contributed by atoms with E-state index in [-0.39, 0.29) is 5.91 Å². The van der Waals surface area contributed by atoms with Gasteiger partial charge in [0.15, 0.2) is 0 Å². The number of benzene rings is 2. The number of amides is 1. The summed E-state index contributed by atoms with van der Waals surface area (Å²) in [6.45, 7) is 9.32. The van der Waals surface area contributed by atoms with Crippen LogP contribution in [0, 0.1) is 0 Å². The molecule has 4 nitrogen and oxygen atoms in total. The number of carbonyl (C=O) groups is 1. The van der Waals surface area contributed by atoms with Crippen molar-refractivity contribution in [2.45, 2.75) is 20.0 Å². The molecule has 1 fully saturated rings. The van der Waals surface area contributed by atoms with E-state index in [9.17, 15) is 4.79 Å². The smallest absolute Gasteiger partial charge is 0.252 e. The average molecular weight is 416 g/mol. The molecule has 2 aromatic rings. The van der Waals surface area contributed by atoms with Crippen LogP contribution in [-0.4, -0.2) is 48.4 Å². The summed E-state index contributed by atoms with van der Waals surface area (Å²) in [4.78, 5) is 17.4. The third-order valence-corrected chi connectivity index (χ3v) is 5.67. The largest absolute Gasteiger partial charge is 0.348 e. The molecule has 3 rings (SSSR count). The molecule has 0 unspecified atom stereocenters. The van der Waals surface area contributed by atoms with Gasteiger partial charge in [0.05, 0.1) is 5.56 Å². The quantitative estimate of drug-likeness (QED) is 0.783. The molecular weight excluding hydrogens is 390 g/mol. The summed E-state index contributed by atoms with van der Waals surface area (Å²) in [6, 6.07) is 15.9. The molecule has 0 radical (unpaired) electrons. The Hall–Kier alpha value is -1.69. The summed E-state index contributed by atoms with van der Waals surface area (Å²) in [5.41, 5.74) is 3.15. The first kappa shape index (κ1) is 19.1. The molecule has 5 heteroatoms. The second-order valence-corrected chi connectivity index (χ2v) is 7.50. The van der Waals surface area contributed by atoms with Crippen molar-refractivity contribution < 1.29 is 4.79 Å². The van der Waals surface area contributed by atoms with Crippen LogP contribution in [0.5, 0.6) is 0 Å². The predicted octanol–water partition coefficient (Wildman–Crippen LogP) is 3.52. The highest BCUT2D eigenvalue weighted by atomic mass is 79.9. The molecule has 0 bridgehead atoms. The lowest BCUT2D eigenvalue weighted by Gasteiger charge is -2.34. The summed E-state index contributed by atoms with van der Waals surface area (Å²) in [5.74, 6) is -0.0520. The van der Waals surface area contributed by atoms with Crippen molar-refractivity contribution in [1.29, 1.82) is 0 Å². The van der Waals surface area contributed by atoms with Crippen LogP contribution >= 0.6 is 15.9 Å². The summed E-state index contributed by atoms with van der Waals surface area (Å²) < 4.78 is 0.819. The van der Waals surface area contributed by atoms with Gasteiger partial charge in [-0.3, -0.25) is 9.69 Å². The average Bonchev–Trinajstić information content (AvgIpc) is 2.68. The van der Waals surface area contributed by atoms with Crippen LogP contribution in [0.4, 0.5) is 0 Å². The molecular formula is C21H26BrN3O. The van der Waals surface area contributed by atoms with E-state index in [1.165, 1.54) is 11.1 Å². The Morgan fingerprint density at radius 2 is 1.58 bits per heavy atom. The number of likely N-dealkylation sites (N-methyl/N-ethyl adjacent to an activating group) is 1. The van der Waals surface area contributed by atoms with E-state index in [1.807, 2.05) is 30.3 Å². The van der Waals surface area contributed by atoms with Gasteiger partial charge in [-0.05, 0) is 45.7 Å². The molecule has 138 valence electrons. The van der Waals surface area contributed by atoms with Crippen molar-refractivity contribution in [3.05, 3.63) is 69.7 Å². The van der Waals surface area contributed by atoms with Crippen molar-refractivity contribution in [3.8, 4) is 0 Å². The highest BCUT2D eigenvalue weighted by Gasteiger charge is 2.17. The first-order valence-electron chi connectivity index (χ1n) is 9.21. The van der Waals surface area contributed by atoms with Crippen molar-refractivity contribution in [2.75, 3.05) is 32.7 Å². The second-order valence-electron chi connectivity index (χ2n) is 6.64. The van der Waals surface area contributed by atoms with Crippen LogP contribution in [0.15, 0.2) is 53.0 Å². The number of halogens is 1. The number of nitrogens with one attached hydrogen (secondary N) is 1. The highest BCUT2D eigenvalue weighted by Crippen LogP contribution is 2.17. The maximum Gasteiger partial charge on any atom is 0.252 e. The first-order valence-corrected chi connectivity index (χ1v) is 10.0. The van der Waals surface area contributed by atoms with Gasteiger partial charge in [0.1, 0.15) is 0 Å². The molecule has 0 spiro atoms. The van der Waals surface area contributed by atoms with Gasteiger partial charge in [0.25, 0.3) is 5.91 Å². The number of piperazine rings is 1. The van der Waals surface area contributed by atoms with E-state index in [0.29, 0.717) is 12.1 Å². The Morgan fingerprint density at radius 1 is 0.962 bits per heavy atom. The van der Waals surface area contributed by atoms with Crippen LogP contribution in [0.2, 0.25) is 0 Å². The maximum atomic E-state index is 12.5. The van der Waals surface area contributed by atoms with E-state index < -0.39 is 0 Å². The van der Waals surface area contributed by atoms with Crippen LogP contribution in [-0.2, 0) is 13.1 Å². The number of rotatable bonds is 6. The third kappa shape index (κ3) is 4.93. The minimum absolute atomic E-state index is 0.0520. The summed E-state index contributed by atoms with van der Waals surface area (Å²) in [6.07, 6.45) is 0. The summed E-state index contributed by atoms with van der Waals surface area (Å²) in [5, 5.41) is 3.05. The highest BCUT2D eigenvalue weighted by molar-refractivity contribution is 9.10. The fraction of sp³-hybridized carbons (Fsp3) is 0.381. The van der Waals surface area contributed by atoms with Crippen LogP contribution in [0.25, 0.3) is 0 Å². The summed E-state index contributed by atoms with van der Waals surface area (Å²) >= 11 is 3.44. The number of carbonyl (C=O) groups excluding carboxylic acids is 1. The molecule has 2 aromatic carbocycles. The Bertz CT molecular complexity index is 742. The molecule has 1 amide bonds. The molecule has 0 aromatic heterocycles. The van der Waals surface area contributed by atoms with Gasteiger partial charge in [0, 0.05) is 43.7 Å². The van der Waals surface area contributed by atoms with Gasteiger partial charge in [0.2, 0.25) is 0 Å². The van der Waals surface area contributed by atoms with Crippen molar-refractivity contribution in [2.24, 2.45) is 0 Å². The molecule has 0 saturated carbocycles. The minimum atomic E-state index is -0.0520. The minimum Gasteiger partial charge on any atom is -0.348 e. The molecule has 1 N–H and O–H groups in total.